The maximum Gasteiger partial charge on any atom is 0.119 e. The molecule has 14 heavy (non-hydrogen) atoms. The Labute approximate surface area is 85.3 Å². The summed E-state index contributed by atoms with van der Waals surface area (Å²) in [5.41, 5.74) is 2.62. The Morgan fingerprint density at radius 2 is 2.07 bits per heavy atom. The van der Waals surface area contributed by atoms with Crippen LogP contribution in [0.25, 0.3) is 0 Å². The van der Waals surface area contributed by atoms with Crippen LogP contribution >= 0.6 is 0 Å². The van der Waals surface area contributed by atoms with Crippen LogP contribution in [0.3, 0.4) is 0 Å². The lowest BCUT2D eigenvalue weighted by molar-refractivity contribution is 0.199. The predicted molar refractivity (Wildman–Crippen MR) is 57.8 cm³/mol. The molecule has 1 fully saturated rings. The van der Waals surface area contributed by atoms with Gasteiger partial charge < -0.3 is 10.1 Å². The molecule has 0 spiro atoms. The number of aryl methyl sites for hydroxylation is 2. The Morgan fingerprint density at radius 3 is 2.64 bits per heavy atom. The molecule has 0 amide bonds. The van der Waals surface area contributed by atoms with Crippen LogP contribution in [0.1, 0.15) is 11.1 Å². The van der Waals surface area contributed by atoms with E-state index >= 15 is 0 Å². The summed E-state index contributed by atoms with van der Waals surface area (Å²) in [6, 6.07) is 6.28. The molecule has 1 aromatic carbocycles. The van der Waals surface area contributed by atoms with Crippen LogP contribution in [0.15, 0.2) is 18.2 Å². The van der Waals surface area contributed by atoms with Gasteiger partial charge in [0.25, 0.3) is 0 Å². The summed E-state index contributed by atoms with van der Waals surface area (Å²) in [6.45, 7) is 7.28. The molecule has 1 saturated heterocycles. The fourth-order valence-electron chi connectivity index (χ4n) is 1.48. The van der Waals surface area contributed by atoms with Crippen LogP contribution in [0.2, 0.25) is 0 Å². The van der Waals surface area contributed by atoms with Crippen molar-refractivity contribution in [3.63, 3.8) is 0 Å². The van der Waals surface area contributed by atoms with Crippen molar-refractivity contribution in [3.8, 4) is 5.75 Å². The van der Waals surface area contributed by atoms with Gasteiger partial charge in [-0.25, -0.2) is 0 Å². The van der Waals surface area contributed by atoms with Gasteiger partial charge in [0.05, 0.1) is 6.61 Å². The lowest BCUT2D eigenvalue weighted by Crippen LogP contribution is -2.45. The second kappa shape index (κ2) is 4.01. The van der Waals surface area contributed by atoms with Crippen molar-refractivity contribution in [2.24, 2.45) is 5.92 Å². The van der Waals surface area contributed by atoms with Crippen LogP contribution in [-0.4, -0.2) is 19.7 Å². The average molecular weight is 191 g/mol. The Morgan fingerprint density at radius 1 is 1.29 bits per heavy atom. The van der Waals surface area contributed by atoms with E-state index in [1.54, 1.807) is 0 Å². The fourth-order valence-corrected chi connectivity index (χ4v) is 1.48. The first kappa shape index (κ1) is 9.53. The Kier molecular flexibility index (Phi) is 2.73. The van der Waals surface area contributed by atoms with Crippen molar-refractivity contribution in [1.29, 1.82) is 0 Å². The van der Waals surface area contributed by atoms with Gasteiger partial charge in [0.15, 0.2) is 0 Å². The molecule has 0 bridgehead atoms. The highest BCUT2D eigenvalue weighted by Crippen LogP contribution is 2.17. The van der Waals surface area contributed by atoms with Crippen LogP contribution in [0.5, 0.6) is 5.75 Å². The van der Waals surface area contributed by atoms with E-state index in [-0.39, 0.29) is 0 Å². The van der Waals surface area contributed by atoms with Gasteiger partial charge in [0.1, 0.15) is 5.75 Å². The summed E-state index contributed by atoms with van der Waals surface area (Å²) in [7, 11) is 0. The second-order valence-corrected chi connectivity index (χ2v) is 4.08. The molecule has 0 aromatic heterocycles. The van der Waals surface area contributed by atoms with E-state index < -0.39 is 0 Å². The first-order valence-corrected chi connectivity index (χ1v) is 5.16. The van der Waals surface area contributed by atoms with Crippen LogP contribution in [-0.2, 0) is 0 Å². The normalized spacial score (nSPS) is 16.4. The van der Waals surface area contributed by atoms with Gasteiger partial charge in [-0.2, -0.15) is 0 Å². The minimum absolute atomic E-state index is 0.705. The van der Waals surface area contributed by atoms with E-state index in [0.717, 1.165) is 25.4 Å². The first-order chi connectivity index (χ1) is 6.75. The number of rotatable bonds is 3. The highest BCUT2D eigenvalue weighted by atomic mass is 16.5. The molecule has 1 aromatic rings. The summed E-state index contributed by atoms with van der Waals surface area (Å²) in [4.78, 5) is 0. The number of hydrogen-bond acceptors (Lipinski definition) is 2. The number of hydrogen-bond donors (Lipinski definition) is 1. The van der Waals surface area contributed by atoms with Crippen molar-refractivity contribution in [2.45, 2.75) is 13.8 Å². The van der Waals surface area contributed by atoms with Crippen molar-refractivity contribution in [1.82, 2.24) is 5.32 Å². The van der Waals surface area contributed by atoms with E-state index in [9.17, 15) is 0 Å². The molecule has 2 rings (SSSR count). The molecule has 76 valence electrons. The van der Waals surface area contributed by atoms with Crippen molar-refractivity contribution >= 4 is 0 Å². The summed E-state index contributed by atoms with van der Waals surface area (Å²) >= 11 is 0. The monoisotopic (exact) mass is 191 g/mol. The first-order valence-electron chi connectivity index (χ1n) is 5.16. The molecule has 1 N–H and O–H groups in total. The van der Waals surface area contributed by atoms with Crippen LogP contribution in [0, 0.1) is 19.8 Å². The van der Waals surface area contributed by atoms with E-state index in [0.29, 0.717) is 5.92 Å². The van der Waals surface area contributed by atoms with E-state index in [1.807, 2.05) is 0 Å². The lowest BCUT2D eigenvalue weighted by atomic mass is 10.1. The topological polar surface area (TPSA) is 21.3 Å². The smallest absolute Gasteiger partial charge is 0.119 e. The molecular weight excluding hydrogens is 174 g/mol. The maximum atomic E-state index is 5.71. The zero-order chi connectivity index (χ0) is 9.97. The highest BCUT2D eigenvalue weighted by Gasteiger charge is 2.16. The third-order valence-corrected chi connectivity index (χ3v) is 2.83. The van der Waals surface area contributed by atoms with Gasteiger partial charge in [-0.05, 0) is 37.1 Å². The molecule has 0 unspecified atom stereocenters. The van der Waals surface area contributed by atoms with Crippen molar-refractivity contribution in [2.75, 3.05) is 19.7 Å². The largest absolute Gasteiger partial charge is 0.493 e. The highest BCUT2D eigenvalue weighted by molar-refractivity contribution is 5.33. The molecule has 2 nitrogen and oxygen atoms in total. The van der Waals surface area contributed by atoms with E-state index in [1.165, 1.54) is 11.1 Å². The third kappa shape index (κ3) is 2.07. The van der Waals surface area contributed by atoms with Gasteiger partial charge in [-0.15, -0.1) is 0 Å². The molecule has 0 saturated carbocycles. The van der Waals surface area contributed by atoms with Crippen LogP contribution < -0.4 is 10.1 Å². The Bertz CT molecular complexity index is 318. The quantitative estimate of drug-likeness (QED) is 0.788. The minimum Gasteiger partial charge on any atom is -0.493 e. The van der Waals surface area contributed by atoms with Gasteiger partial charge >= 0.3 is 0 Å². The van der Waals surface area contributed by atoms with Gasteiger partial charge in [0, 0.05) is 19.0 Å². The number of benzene rings is 1. The van der Waals surface area contributed by atoms with Crippen LogP contribution in [0.4, 0.5) is 0 Å². The van der Waals surface area contributed by atoms with Gasteiger partial charge in [-0.3, -0.25) is 0 Å². The maximum absolute atomic E-state index is 5.71. The summed E-state index contributed by atoms with van der Waals surface area (Å²) in [5.74, 6) is 1.71. The van der Waals surface area contributed by atoms with E-state index in [4.69, 9.17) is 4.74 Å². The molecule has 0 radical (unpaired) electrons. The lowest BCUT2D eigenvalue weighted by Gasteiger charge is -2.26. The van der Waals surface area contributed by atoms with Crippen molar-refractivity contribution in [3.05, 3.63) is 29.3 Å². The number of nitrogens with one attached hydrogen (secondary N) is 1. The standard InChI is InChI=1S/C12H17NO/c1-9-3-4-12(5-10(9)2)14-8-11-6-13-7-11/h3-5,11,13H,6-8H2,1-2H3. The molecular formula is C12H17NO. The second-order valence-electron chi connectivity index (χ2n) is 4.08. The minimum atomic E-state index is 0.705. The Balaban J connectivity index is 1.91. The van der Waals surface area contributed by atoms with Crippen molar-refractivity contribution < 1.29 is 4.74 Å². The molecule has 0 aliphatic carbocycles. The number of ether oxygens (including phenoxy) is 1. The van der Waals surface area contributed by atoms with Gasteiger partial charge in [0.2, 0.25) is 0 Å². The summed E-state index contributed by atoms with van der Waals surface area (Å²) in [6.07, 6.45) is 0. The van der Waals surface area contributed by atoms with Gasteiger partial charge in [-0.1, -0.05) is 6.07 Å². The summed E-state index contributed by atoms with van der Waals surface area (Å²) in [5, 5.41) is 3.24. The predicted octanol–water partition coefficient (Wildman–Crippen LogP) is 1.90. The molecule has 1 heterocycles. The molecule has 1 aliphatic heterocycles. The fraction of sp³-hybridized carbons (Fsp3) is 0.500. The zero-order valence-electron chi connectivity index (χ0n) is 8.84. The average Bonchev–Trinajstić information content (AvgIpc) is 2.08. The molecule has 1 aliphatic rings. The zero-order valence-corrected chi connectivity index (χ0v) is 8.84. The third-order valence-electron chi connectivity index (χ3n) is 2.83. The SMILES string of the molecule is Cc1ccc(OCC2CNC2)cc1C. The summed E-state index contributed by atoms with van der Waals surface area (Å²) < 4.78 is 5.71. The van der Waals surface area contributed by atoms with E-state index in [2.05, 4.69) is 37.4 Å². The molecule has 0 atom stereocenters. The Hall–Kier alpha value is -1.02. The molecule has 2 heteroatoms.